The summed E-state index contributed by atoms with van der Waals surface area (Å²) in [4.78, 5) is 10.6. The average Bonchev–Trinajstić information content (AvgIpc) is 3.42. The number of aliphatic imine (C=N–C) groups is 1. The van der Waals surface area contributed by atoms with Gasteiger partial charge in [-0.2, -0.15) is 4.31 Å². The summed E-state index contributed by atoms with van der Waals surface area (Å²) in [5, 5.41) is 7.56. The van der Waals surface area contributed by atoms with Crippen LogP contribution in [0, 0.1) is 0 Å². The minimum absolute atomic E-state index is 0.354. The van der Waals surface area contributed by atoms with E-state index >= 15 is 0 Å². The molecule has 0 atom stereocenters. The van der Waals surface area contributed by atoms with E-state index in [0.29, 0.717) is 31.1 Å². The number of aromatic nitrogens is 1. The zero-order valence-electron chi connectivity index (χ0n) is 17.0. The summed E-state index contributed by atoms with van der Waals surface area (Å²) in [5.74, 6) is 0.717. The lowest BCUT2D eigenvalue weighted by Crippen LogP contribution is -2.36. The van der Waals surface area contributed by atoms with Gasteiger partial charge in [-0.05, 0) is 43.9 Å². The molecule has 1 fully saturated rings. The van der Waals surface area contributed by atoms with Crippen molar-refractivity contribution in [2.24, 2.45) is 4.99 Å². The third kappa shape index (κ3) is 5.77. The monoisotopic (exact) mass is 435 g/mol. The Kier molecular flexibility index (Phi) is 7.63. The Bertz CT molecular complexity index is 917. The number of nitrogens with zero attached hydrogens (tertiary/aromatic N) is 3. The van der Waals surface area contributed by atoms with Crippen molar-refractivity contribution >= 4 is 27.3 Å². The molecule has 2 aromatic rings. The van der Waals surface area contributed by atoms with E-state index < -0.39 is 10.0 Å². The molecule has 7 nitrogen and oxygen atoms in total. The SMILES string of the molecule is CCNC(=NCc1ccc(S(=O)(=O)N2CCCC2)cc1)NCc1ncc(CC)s1. The van der Waals surface area contributed by atoms with Crippen LogP contribution >= 0.6 is 11.3 Å². The van der Waals surface area contributed by atoms with Gasteiger partial charge in [0.25, 0.3) is 0 Å². The topological polar surface area (TPSA) is 86.7 Å². The second-order valence-corrected chi connectivity index (χ2v) is 10.0. The van der Waals surface area contributed by atoms with Crippen LogP contribution in [-0.2, 0) is 29.5 Å². The molecule has 1 aliphatic rings. The number of benzene rings is 1. The number of guanidine groups is 1. The smallest absolute Gasteiger partial charge is 0.243 e. The first-order valence-corrected chi connectivity index (χ1v) is 12.3. The molecular formula is C20H29N5O2S2. The van der Waals surface area contributed by atoms with Crippen LogP contribution in [0.25, 0.3) is 0 Å². The van der Waals surface area contributed by atoms with Gasteiger partial charge in [-0.25, -0.2) is 18.4 Å². The van der Waals surface area contributed by atoms with Crippen molar-refractivity contribution in [1.29, 1.82) is 0 Å². The third-order valence-corrected chi connectivity index (χ3v) is 7.80. The maximum Gasteiger partial charge on any atom is 0.243 e. The van der Waals surface area contributed by atoms with E-state index in [9.17, 15) is 8.42 Å². The van der Waals surface area contributed by atoms with Gasteiger partial charge in [-0.3, -0.25) is 0 Å². The summed E-state index contributed by atoms with van der Waals surface area (Å²) in [6.45, 7) is 7.24. The highest BCUT2D eigenvalue weighted by atomic mass is 32.2. The fraction of sp³-hybridized carbons (Fsp3) is 0.500. The highest BCUT2D eigenvalue weighted by molar-refractivity contribution is 7.89. The number of aryl methyl sites for hydroxylation is 1. The Morgan fingerprint density at radius 1 is 1.17 bits per heavy atom. The van der Waals surface area contributed by atoms with Gasteiger partial charge in [0.2, 0.25) is 10.0 Å². The number of sulfonamides is 1. The second kappa shape index (κ2) is 10.2. The molecular weight excluding hydrogens is 406 g/mol. The normalized spacial score (nSPS) is 15.6. The molecule has 0 bridgehead atoms. The fourth-order valence-electron chi connectivity index (χ4n) is 3.11. The molecule has 0 radical (unpaired) electrons. The third-order valence-electron chi connectivity index (χ3n) is 4.75. The van der Waals surface area contributed by atoms with Crippen LogP contribution in [0.4, 0.5) is 0 Å². The number of nitrogens with one attached hydrogen (secondary N) is 2. The van der Waals surface area contributed by atoms with Crippen molar-refractivity contribution in [2.45, 2.75) is 51.1 Å². The minimum Gasteiger partial charge on any atom is -0.357 e. The standard InChI is InChI=1S/C20H29N5O2S2/c1-3-17-14-22-19(28-17)15-24-20(21-4-2)23-13-16-7-9-18(10-8-16)29(26,27)25-11-5-6-12-25/h7-10,14H,3-6,11-13,15H2,1-2H3,(H2,21,23,24). The highest BCUT2D eigenvalue weighted by Gasteiger charge is 2.26. The quantitative estimate of drug-likeness (QED) is 0.492. The number of hydrogen-bond acceptors (Lipinski definition) is 5. The molecule has 1 aromatic carbocycles. The van der Waals surface area contributed by atoms with Crippen LogP contribution in [0.1, 0.15) is 42.1 Å². The molecule has 1 aromatic heterocycles. The molecule has 29 heavy (non-hydrogen) atoms. The van der Waals surface area contributed by atoms with E-state index in [1.807, 2.05) is 25.3 Å². The molecule has 0 spiro atoms. The van der Waals surface area contributed by atoms with Crippen molar-refractivity contribution in [1.82, 2.24) is 19.9 Å². The van der Waals surface area contributed by atoms with E-state index in [0.717, 1.165) is 42.3 Å². The number of hydrogen-bond donors (Lipinski definition) is 2. The lowest BCUT2D eigenvalue weighted by Gasteiger charge is -2.15. The largest absolute Gasteiger partial charge is 0.357 e. The summed E-state index contributed by atoms with van der Waals surface area (Å²) < 4.78 is 26.8. The lowest BCUT2D eigenvalue weighted by atomic mass is 10.2. The van der Waals surface area contributed by atoms with Gasteiger partial charge < -0.3 is 10.6 Å². The Balaban J connectivity index is 1.61. The maximum absolute atomic E-state index is 12.6. The molecule has 2 heterocycles. The van der Waals surface area contributed by atoms with Crippen molar-refractivity contribution < 1.29 is 8.42 Å². The summed E-state index contributed by atoms with van der Waals surface area (Å²) in [5.41, 5.74) is 0.963. The van der Waals surface area contributed by atoms with E-state index in [4.69, 9.17) is 0 Å². The van der Waals surface area contributed by atoms with Crippen LogP contribution < -0.4 is 10.6 Å². The summed E-state index contributed by atoms with van der Waals surface area (Å²) >= 11 is 1.70. The van der Waals surface area contributed by atoms with Gasteiger partial charge in [-0.15, -0.1) is 11.3 Å². The van der Waals surface area contributed by atoms with Crippen LogP contribution in [-0.4, -0.2) is 43.3 Å². The second-order valence-electron chi connectivity index (χ2n) is 6.88. The zero-order valence-corrected chi connectivity index (χ0v) is 18.7. The van der Waals surface area contributed by atoms with E-state index in [-0.39, 0.29) is 0 Å². The van der Waals surface area contributed by atoms with Crippen molar-refractivity contribution in [3.63, 3.8) is 0 Å². The predicted octanol–water partition coefficient (Wildman–Crippen LogP) is 2.75. The highest BCUT2D eigenvalue weighted by Crippen LogP contribution is 2.21. The molecule has 0 aliphatic carbocycles. The van der Waals surface area contributed by atoms with Gasteiger partial charge in [0.05, 0.1) is 18.0 Å². The molecule has 3 rings (SSSR count). The molecule has 2 N–H and O–H groups in total. The number of rotatable bonds is 8. The molecule has 1 aliphatic heterocycles. The number of thiazole rings is 1. The molecule has 0 amide bonds. The van der Waals surface area contributed by atoms with E-state index in [1.54, 1.807) is 27.8 Å². The van der Waals surface area contributed by atoms with E-state index in [1.165, 1.54) is 4.88 Å². The van der Waals surface area contributed by atoms with Crippen molar-refractivity contribution in [3.05, 3.63) is 45.9 Å². The predicted molar refractivity (Wildman–Crippen MR) is 118 cm³/mol. The van der Waals surface area contributed by atoms with Crippen LogP contribution in [0.15, 0.2) is 40.4 Å². The van der Waals surface area contributed by atoms with E-state index in [2.05, 4.69) is 27.5 Å². The Morgan fingerprint density at radius 2 is 1.90 bits per heavy atom. The van der Waals surface area contributed by atoms with Crippen molar-refractivity contribution in [2.75, 3.05) is 19.6 Å². The van der Waals surface area contributed by atoms with Gasteiger partial charge in [0.1, 0.15) is 5.01 Å². The van der Waals surface area contributed by atoms with Gasteiger partial charge in [0, 0.05) is 30.7 Å². The van der Waals surface area contributed by atoms with Crippen molar-refractivity contribution in [3.8, 4) is 0 Å². The van der Waals surface area contributed by atoms with Gasteiger partial charge in [0.15, 0.2) is 5.96 Å². The lowest BCUT2D eigenvalue weighted by molar-refractivity contribution is 0.477. The van der Waals surface area contributed by atoms with Gasteiger partial charge >= 0.3 is 0 Å². The summed E-state index contributed by atoms with van der Waals surface area (Å²) in [6, 6.07) is 7.04. The maximum atomic E-state index is 12.6. The Hall–Kier alpha value is -1.97. The zero-order chi connectivity index (χ0) is 20.7. The summed E-state index contributed by atoms with van der Waals surface area (Å²) in [7, 11) is -3.37. The first-order valence-electron chi connectivity index (χ1n) is 10.1. The molecule has 1 saturated heterocycles. The first kappa shape index (κ1) is 21.7. The van der Waals surface area contributed by atoms with Crippen LogP contribution in [0.2, 0.25) is 0 Å². The van der Waals surface area contributed by atoms with Crippen LogP contribution in [0.5, 0.6) is 0 Å². The molecule has 158 valence electrons. The minimum atomic E-state index is -3.37. The molecule has 0 unspecified atom stereocenters. The Labute approximate surface area is 177 Å². The molecule has 9 heteroatoms. The molecule has 0 saturated carbocycles. The average molecular weight is 436 g/mol. The fourth-order valence-corrected chi connectivity index (χ4v) is 5.43. The van der Waals surface area contributed by atoms with Crippen LogP contribution in [0.3, 0.4) is 0 Å². The van der Waals surface area contributed by atoms with Gasteiger partial charge in [-0.1, -0.05) is 19.1 Å². The summed E-state index contributed by atoms with van der Waals surface area (Å²) in [6.07, 6.45) is 4.79. The first-order chi connectivity index (χ1) is 14.0. The Morgan fingerprint density at radius 3 is 2.52 bits per heavy atom.